The van der Waals surface area contributed by atoms with Gasteiger partial charge < -0.3 is 9.64 Å². The standard InChI is InChI=1S/C21H25N3O2/c1-3-26-20(25)18-12-21-10-7-11-23(21)14-17(13-22)19(18)24(21)15(2)16-8-5-4-6-9-16/h4-6,8-9,14-15,18-19H,3,7,10-12H2,1-2H3/t15-,18-,19-,21-/m1/s1. The molecule has 0 N–H and O–H groups in total. The molecule has 3 heterocycles. The number of hydrogen-bond acceptors (Lipinski definition) is 5. The lowest BCUT2D eigenvalue weighted by atomic mass is 9.93. The van der Waals surface area contributed by atoms with Crippen molar-refractivity contribution >= 4 is 5.97 Å². The van der Waals surface area contributed by atoms with Crippen molar-refractivity contribution in [2.75, 3.05) is 13.2 Å². The van der Waals surface area contributed by atoms with E-state index in [4.69, 9.17) is 4.74 Å². The minimum absolute atomic E-state index is 0.123. The molecule has 2 fully saturated rings. The number of carbonyl (C=O) groups is 1. The van der Waals surface area contributed by atoms with Gasteiger partial charge in [0.2, 0.25) is 0 Å². The van der Waals surface area contributed by atoms with E-state index in [0.717, 1.165) is 25.8 Å². The summed E-state index contributed by atoms with van der Waals surface area (Å²) >= 11 is 0. The van der Waals surface area contributed by atoms with Crippen LogP contribution in [0.25, 0.3) is 0 Å². The van der Waals surface area contributed by atoms with Gasteiger partial charge in [-0.3, -0.25) is 9.69 Å². The Morgan fingerprint density at radius 1 is 1.42 bits per heavy atom. The van der Waals surface area contributed by atoms with E-state index < -0.39 is 0 Å². The summed E-state index contributed by atoms with van der Waals surface area (Å²) in [4.78, 5) is 17.5. The molecule has 0 aliphatic carbocycles. The fourth-order valence-corrected chi connectivity index (χ4v) is 5.25. The molecule has 4 atom stereocenters. The maximum Gasteiger partial charge on any atom is 0.311 e. The van der Waals surface area contributed by atoms with Gasteiger partial charge in [-0.25, -0.2) is 0 Å². The lowest BCUT2D eigenvalue weighted by molar-refractivity contribution is -0.148. The predicted octanol–water partition coefficient (Wildman–Crippen LogP) is 3.21. The maximum atomic E-state index is 12.7. The number of benzene rings is 1. The van der Waals surface area contributed by atoms with E-state index >= 15 is 0 Å². The summed E-state index contributed by atoms with van der Waals surface area (Å²) in [6.07, 6.45) is 4.84. The van der Waals surface area contributed by atoms with Gasteiger partial charge >= 0.3 is 5.97 Å². The van der Waals surface area contributed by atoms with Gasteiger partial charge in [-0.05, 0) is 38.7 Å². The summed E-state index contributed by atoms with van der Waals surface area (Å²) in [7, 11) is 0. The van der Waals surface area contributed by atoms with Gasteiger partial charge in [0.05, 0.1) is 35.9 Å². The Hall–Kier alpha value is -2.32. The zero-order valence-corrected chi connectivity index (χ0v) is 15.4. The third-order valence-corrected chi connectivity index (χ3v) is 6.25. The first-order valence-corrected chi connectivity index (χ1v) is 9.51. The average molecular weight is 351 g/mol. The van der Waals surface area contributed by atoms with Crippen molar-refractivity contribution < 1.29 is 9.53 Å². The lowest BCUT2D eigenvalue weighted by Gasteiger charge is -2.50. The normalized spacial score (nSPS) is 31.1. The number of nitrogens with zero attached hydrogens (tertiary/aromatic N) is 3. The van der Waals surface area contributed by atoms with Crippen LogP contribution >= 0.6 is 0 Å². The molecular formula is C21H25N3O2. The van der Waals surface area contributed by atoms with Gasteiger partial charge in [-0.15, -0.1) is 0 Å². The highest BCUT2D eigenvalue weighted by Gasteiger charge is 2.62. The van der Waals surface area contributed by atoms with E-state index in [2.05, 4.69) is 34.9 Å². The van der Waals surface area contributed by atoms with E-state index in [0.29, 0.717) is 12.2 Å². The largest absolute Gasteiger partial charge is 0.466 e. The molecule has 0 saturated carbocycles. The van der Waals surface area contributed by atoms with Gasteiger partial charge in [0.25, 0.3) is 0 Å². The Labute approximate surface area is 154 Å². The molecule has 3 aliphatic heterocycles. The van der Waals surface area contributed by atoms with Gasteiger partial charge in [0, 0.05) is 18.8 Å². The number of nitriles is 1. The molecule has 2 bridgehead atoms. The third kappa shape index (κ3) is 2.36. The van der Waals surface area contributed by atoms with Crippen LogP contribution in [-0.4, -0.2) is 40.6 Å². The van der Waals surface area contributed by atoms with E-state index in [1.807, 2.05) is 31.3 Å². The molecule has 0 aromatic heterocycles. The molecular weight excluding hydrogens is 326 g/mol. The van der Waals surface area contributed by atoms with Crippen LogP contribution in [0.1, 0.15) is 44.7 Å². The van der Waals surface area contributed by atoms with Crippen molar-refractivity contribution in [2.24, 2.45) is 5.92 Å². The maximum absolute atomic E-state index is 12.7. The molecule has 2 saturated heterocycles. The van der Waals surface area contributed by atoms with Crippen molar-refractivity contribution in [2.45, 2.75) is 50.9 Å². The lowest BCUT2D eigenvalue weighted by Crippen LogP contribution is -2.58. The van der Waals surface area contributed by atoms with E-state index in [1.54, 1.807) is 0 Å². The number of esters is 1. The first-order chi connectivity index (χ1) is 12.6. The van der Waals surface area contributed by atoms with E-state index in [-0.39, 0.29) is 29.6 Å². The molecule has 1 aromatic carbocycles. The van der Waals surface area contributed by atoms with E-state index in [1.165, 1.54) is 5.56 Å². The monoisotopic (exact) mass is 351 g/mol. The Balaban J connectivity index is 1.80. The molecule has 136 valence electrons. The van der Waals surface area contributed by atoms with Gasteiger partial charge in [0.15, 0.2) is 0 Å². The summed E-state index contributed by atoms with van der Waals surface area (Å²) in [5.74, 6) is -0.454. The molecule has 4 rings (SSSR count). The SMILES string of the molecule is CCOC(=O)[C@@H]1C[C@]23CCCN2C=C(C#N)[C@H]1N3[C@H](C)c1ccccc1. The summed E-state index contributed by atoms with van der Waals surface area (Å²) < 4.78 is 5.39. The van der Waals surface area contributed by atoms with Crippen LogP contribution in [0.15, 0.2) is 42.1 Å². The second-order valence-electron chi connectivity index (χ2n) is 7.48. The molecule has 5 heteroatoms. The zero-order valence-electron chi connectivity index (χ0n) is 15.4. The molecule has 26 heavy (non-hydrogen) atoms. The molecule has 5 nitrogen and oxygen atoms in total. The highest BCUT2D eigenvalue weighted by Crippen LogP contribution is 2.55. The van der Waals surface area contributed by atoms with Crippen LogP contribution in [0.2, 0.25) is 0 Å². The fraction of sp³-hybridized carbons (Fsp3) is 0.524. The molecule has 1 spiro atoms. The quantitative estimate of drug-likeness (QED) is 0.780. The second kappa shape index (κ2) is 6.44. The van der Waals surface area contributed by atoms with Crippen LogP contribution in [0, 0.1) is 17.2 Å². The number of rotatable bonds is 4. The average Bonchev–Trinajstić information content (AvgIpc) is 3.20. The second-order valence-corrected chi connectivity index (χ2v) is 7.48. The fourth-order valence-electron chi connectivity index (χ4n) is 5.25. The minimum atomic E-state index is -0.282. The Kier molecular flexibility index (Phi) is 4.24. The predicted molar refractivity (Wildman–Crippen MR) is 97.6 cm³/mol. The Bertz CT molecular complexity index is 769. The number of carbonyl (C=O) groups excluding carboxylic acids is 1. The van der Waals surface area contributed by atoms with Crippen molar-refractivity contribution in [3.8, 4) is 6.07 Å². The van der Waals surface area contributed by atoms with Gasteiger partial charge in [-0.2, -0.15) is 5.26 Å². The Morgan fingerprint density at radius 2 is 2.19 bits per heavy atom. The zero-order chi connectivity index (χ0) is 18.3. The summed E-state index contributed by atoms with van der Waals surface area (Å²) in [6, 6.07) is 12.7. The van der Waals surface area contributed by atoms with Crippen molar-refractivity contribution in [3.05, 3.63) is 47.7 Å². The number of fused-ring (bicyclic) bond motifs is 1. The summed E-state index contributed by atoms with van der Waals surface area (Å²) in [6.45, 7) is 5.34. The summed E-state index contributed by atoms with van der Waals surface area (Å²) in [5.41, 5.74) is 1.71. The van der Waals surface area contributed by atoms with Crippen molar-refractivity contribution in [1.82, 2.24) is 9.80 Å². The molecule has 0 unspecified atom stereocenters. The minimum Gasteiger partial charge on any atom is -0.466 e. The first-order valence-electron chi connectivity index (χ1n) is 9.51. The number of ether oxygens (including phenoxy) is 1. The van der Waals surface area contributed by atoms with E-state index in [9.17, 15) is 10.1 Å². The van der Waals surface area contributed by atoms with Crippen LogP contribution in [-0.2, 0) is 9.53 Å². The molecule has 1 aromatic rings. The molecule has 0 amide bonds. The highest BCUT2D eigenvalue weighted by molar-refractivity contribution is 5.75. The summed E-state index contributed by atoms with van der Waals surface area (Å²) in [5, 5.41) is 9.80. The molecule has 0 radical (unpaired) electrons. The van der Waals surface area contributed by atoms with Crippen LogP contribution < -0.4 is 0 Å². The molecule has 3 aliphatic rings. The smallest absolute Gasteiger partial charge is 0.311 e. The topological polar surface area (TPSA) is 56.6 Å². The third-order valence-electron chi connectivity index (χ3n) is 6.25. The van der Waals surface area contributed by atoms with Crippen LogP contribution in [0.5, 0.6) is 0 Å². The number of hydrogen-bond donors (Lipinski definition) is 0. The van der Waals surface area contributed by atoms with Crippen LogP contribution in [0.3, 0.4) is 0 Å². The van der Waals surface area contributed by atoms with Crippen molar-refractivity contribution in [3.63, 3.8) is 0 Å². The first kappa shape index (κ1) is 17.1. The van der Waals surface area contributed by atoms with Crippen LogP contribution in [0.4, 0.5) is 0 Å². The van der Waals surface area contributed by atoms with Gasteiger partial charge in [-0.1, -0.05) is 30.3 Å². The highest BCUT2D eigenvalue weighted by atomic mass is 16.5. The Morgan fingerprint density at radius 3 is 2.88 bits per heavy atom. The van der Waals surface area contributed by atoms with Crippen molar-refractivity contribution in [1.29, 1.82) is 5.26 Å². The van der Waals surface area contributed by atoms with Gasteiger partial charge in [0.1, 0.15) is 0 Å².